The summed E-state index contributed by atoms with van der Waals surface area (Å²) in [5, 5.41) is 3.40. The summed E-state index contributed by atoms with van der Waals surface area (Å²) < 4.78 is 24.3. The van der Waals surface area contributed by atoms with E-state index in [1.807, 2.05) is 18.2 Å². The Balaban J connectivity index is 1.62. The van der Waals surface area contributed by atoms with Gasteiger partial charge in [-0.1, -0.05) is 12.1 Å². The van der Waals surface area contributed by atoms with Gasteiger partial charge in [0, 0.05) is 25.2 Å². The number of nitrogens with one attached hydrogen (secondary N) is 1. The van der Waals surface area contributed by atoms with Crippen molar-refractivity contribution < 1.29 is 13.9 Å². The number of anilines is 2. The summed E-state index contributed by atoms with van der Waals surface area (Å²) in [5.41, 5.74) is 9.39. The first-order valence-electron chi connectivity index (χ1n) is 10.8. The number of ether oxygens (including phenoxy) is 2. The maximum Gasteiger partial charge on any atom is 0.224 e. The third-order valence-electron chi connectivity index (χ3n) is 5.86. The number of piperazine rings is 1. The molecule has 3 N–H and O–H groups in total. The van der Waals surface area contributed by atoms with Crippen molar-refractivity contribution in [3.8, 4) is 22.8 Å². The predicted octanol–water partition coefficient (Wildman–Crippen LogP) is 2.98. The number of rotatable bonds is 5. The van der Waals surface area contributed by atoms with Crippen LogP contribution in [0.25, 0.3) is 22.4 Å². The van der Waals surface area contributed by atoms with Crippen molar-refractivity contribution in [2.24, 2.45) is 0 Å². The third kappa shape index (κ3) is 4.03. The first kappa shape index (κ1) is 21.8. The number of hydrogen-bond acceptors (Lipinski definition) is 9. The van der Waals surface area contributed by atoms with Gasteiger partial charge in [0.25, 0.3) is 0 Å². The lowest BCUT2D eigenvalue weighted by Gasteiger charge is -2.37. The Morgan fingerprint density at radius 3 is 2.59 bits per heavy atom. The highest BCUT2D eigenvalue weighted by molar-refractivity contribution is 5.86. The van der Waals surface area contributed by atoms with Crippen LogP contribution in [0.1, 0.15) is 11.6 Å². The van der Waals surface area contributed by atoms with Crippen LogP contribution in [0.3, 0.4) is 0 Å². The molecule has 1 unspecified atom stereocenters. The summed E-state index contributed by atoms with van der Waals surface area (Å²) >= 11 is 0. The molecule has 1 aliphatic heterocycles. The van der Waals surface area contributed by atoms with Crippen LogP contribution >= 0.6 is 0 Å². The average molecular weight is 462 g/mol. The van der Waals surface area contributed by atoms with E-state index in [1.165, 1.54) is 12.1 Å². The number of nitrogens with two attached hydrogens (primary N) is 1. The molecule has 0 amide bonds. The Kier molecular flexibility index (Phi) is 5.81. The number of hydrogen-bond donors (Lipinski definition) is 2. The van der Waals surface area contributed by atoms with Gasteiger partial charge in [-0.05, 0) is 35.9 Å². The number of fused-ring (bicyclic) bond motifs is 1. The van der Waals surface area contributed by atoms with Gasteiger partial charge in [-0.15, -0.1) is 0 Å². The van der Waals surface area contributed by atoms with Crippen LogP contribution < -0.4 is 25.4 Å². The molecule has 34 heavy (non-hydrogen) atoms. The number of nitrogens with zero attached hydrogens (tertiary/aromatic N) is 5. The van der Waals surface area contributed by atoms with Crippen LogP contribution in [-0.4, -0.2) is 53.8 Å². The zero-order valence-corrected chi connectivity index (χ0v) is 18.8. The highest BCUT2D eigenvalue weighted by Crippen LogP contribution is 2.34. The van der Waals surface area contributed by atoms with Crippen LogP contribution in [0, 0.1) is 5.82 Å². The first-order chi connectivity index (χ1) is 16.6. The summed E-state index contributed by atoms with van der Waals surface area (Å²) in [7, 11) is 3.18. The molecule has 0 saturated carbocycles. The predicted molar refractivity (Wildman–Crippen MR) is 127 cm³/mol. The second kappa shape index (κ2) is 9.06. The summed E-state index contributed by atoms with van der Waals surface area (Å²) in [6.07, 6.45) is 1.65. The van der Waals surface area contributed by atoms with E-state index in [1.54, 1.807) is 32.5 Å². The molecule has 10 heteroatoms. The Labute approximate surface area is 195 Å². The minimum absolute atomic E-state index is 0.0848. The van der Waals surface area contributed by atoms with E-state index in [0.717, 1.165) is 17.7 Å². The standard InChI is InChI=1S/C24H24FN7O2/c1-33-19-8-5-15(11-20(19)34-2)17-12-28-22-21(29-17)23(31-24(26)30-22)32-10-9-27-13-18(32)14-3-6-16(25)7-4-14/h3-8,11-12,18,27H,9-10,13H2,1-2H3,(H2,26,28,30,31). The van der Waals surface area contributed by atoms with E-state index in [0.29, 0.717) is 47.3 Å². The van der Waals surface area contributed by atoms with E-state index in [9.17, 15) is 4.39 Å². The fourth-order valence-electron chi connectivity index (χ4n) is 4.18. The van der Waals surface area contributed by atoms with Crippen LogP contribution in [0.15, 0.2) is 48.7 Å². The van der Waals surface area contributed by atoms with Gasteiger partial charge in [0.2, 0.25) is 5.95 Å². The van der Waals surface area contributed by atoms with Gasteiger partial charge in [0.1, 0.15) is 5.82 Å². The van der Waals surface area contributed by atoms with Crippen LogP contribution in [0.5, 0.6) is 11.5 Å². The zero-order valence-electron chi connectivity index (χ0n) is 18.8. The quantitative estimate of drug-likeness (QED) is 0.463. The molecule has 174 valence electrons. The normalized spacial score (nSPS) is 16.0. The smallest absolute Gasteiger partial charge is 0.224 e. The van der Waals surface area contributed by atoms with E-state index in [2.05, 4.69) is 25.2 Å². The van der Waals surface area contributed by atoms with Crippen molar-refractivity contribution in [2.75, 3.05) is 44.5 Å². The first-order valence-corrected chi connectivity index (χ1v) is 10.8. The summed E-state index contributed by atoms with van der Waals surface area (Å²) in [5.74, 6) is 1.65. The van der Waals surface area contributed by atoms with E-state index >= 15 is 0 Å². The molecule has 0 spiro atoms. The molecule has 1 saturated heterocycles. The SMILES string of the molecule is COc1ccc(-c2cnc3nc(N)nc(N4CCNCC4c4ccc(F)cc4)c3n2)cc1OC. The van der Waals surface area contributed by atoms with Gasteiger partial charge in [-0.2, -0.15) is 9.97 Å². The van der Waals surface area contributed by atoms with E-state index in [4.69, 9.17) is 20.2 Å². The molecule has 1 aliphatic rings. The van der Waals surface area contributed by atoms with Crippen LogP contribution in [0.4, 0.5) is 16.2 Å². The van der Waals surface area contributed by atoms with Crippen molar-refractivity contribution in [3.05, 3.63) is 60.0 Å². The summed E-state index contributed by atoms with van der Waals surface area (Å²) in [6.45, 7) is 2.08. The number of nitrogen functional groups attached to an aromatic ring is 1. The Hall–Kier alpha value is -4.05. The largest absolute Gasteiger partial charge is 0.493 e. The maximum atomic E-state index is 13.5. The van der Waals surface area contributed by atoms with Crippen molar-refractivity contribution >= 4 is 22.9 Å². The molecule has 2 aromatic carbocycles. The van der Waals surface area contributed by atoms with Gasteiger partial charge in [0.05, 0.1) is 32.2 Å². The van der Waals surface area contributed by atoms with Gasteiger partial charge in [0.15, 0.2) is 28.5 Å². The molecule has 3 heterocycles. The molecule has 1 atom stereocenters. The Morgan fingerprint density at radius 1 is 1.03 bits per heavy atom. The molecule has 0 radical (unpaired) electrons. The average Bonchev–Trinajstić information content (AvgIpc) is 2.88. The summed E-state index contributed by atoms with van der Waals surface area (Å²) in [6, 6.07) is 12.0. The third-order valence-corrected chi connectivity index (χ3v) is 5.86. The number of aromatic nitrogens is 4. The van der Waals surface area contributed by atoms with Gasteiger partial charge in [-0.3, -0.25) is 0 Å². The fourth-order valence-corrected chi connectivity index (χ4v) is 4.18. The number of methoxy groups -OCH3 is 2. The van der Waals surface area contributed by atoms with Crippen molar-refractivity contribution in [1.29, 1.82) is 0 Å². The van der Waals surface area contributed by atoms with Crippen molar-refractivity contribution in [3.63, 3.8) is 0 Å². The Morgan fingerprint density at radius 2 is 1.82 bits per heavy atom. The maximum absolute atomic E-state index is 13.5. The molecule has 0 aliphatic carbocycles. The minimum Gasteiger partial charge on any atom is -0.493 e. The van der Waals surface area contributed by atoms with Gasteiger partial charge in [-0.25, -0.2) is 14.4 Å². The molecule has 0 bridgehead atoms. The number of benzene rings is 2. The van der Waals surface area contributed by atoms with E-state index < -0.39 is 0 Å². The monoisotopic (exact) mass is 461 g/mol. The lowest BCUT2D eigenvalue weighted by atomic mass is 10.0. The lowest BCUT2D eigenvalue weighted by molar-refractivity contribution is 0.355. The molecular weight excluding hydrogens is 437 g/mol. The molecule has 5 rings (SSSR count). The minimum atomic E-state index is -0.277. The molecule has 1 fully saturated rings. The van der Waals surface area contributed by atoms with Crippen molar-refractivity contribution in [1.82, 2.24) is 25.3 Å². The lowest BCUT2D eigenvalue weighted by Crippen LogP contribution is -2.46. The van der Waals surface area contributed by atoms with Crippen LogP contribution in [0.2, 0.25) is 0 Å². The topological polar surface area (TPSA) is 111 Å². The van der Waals surface area contributed by atoms with Crippen LogP contribution in [-0.2, 0) is 0 Å². The van der Waals surface area contributed by atoms with Crippen molar-refractivity contribution in [2.45, 2.75) is 6.04 Å². The zero-order chi connectivity index (χ0) is 23.7. The molecule has 4 aromatic rings. The second-order valence-corrected chi connectivity index (χ2v) is 7.87. The highest BCUT2D eigenvalue weighted by Gasteiger charge is 2.28. The number of halogens is 1. The molecule has 9 nitrogen and oxygen atoms in total. The highest BCUT2D eigenvalue weighted by atomic mass is 19.1. The summed E-state index contributed by atoms with van der Waals surface area (Å²) in [4.78, 5) is 20.4. The Bertz CT molecular complexity index is 1330. The molecule has 2 aromatic heterocycles. The fraction of sp³-hybridized carbons (Fsp3) is 0.250. The van der Waals surface area contributed by atoms with E-state index in [-0.39, 0.29) is 17.8 Å². The van der Waals surface area contributed by atoms with Gasteiger partial charge >= 0.3 is 0 Å². The molecular formula is C24H24FN7O2. The van der Waals surface area contributed by atoms with Gasteiger partial charge < -0.3 is 25.4 Å². The second-order valence-electron chi connectivity index (χ2n) is 7.87.